The zero-order chi connectivity index (χ0) is 14.9. The van der Waals surface area contributed by atoms with Gasteiger partial charge in [0.1, 0.15) is 5.71 Å². The van der Waals surface area contributed by atoms with Gasteiger partial charge in [0.15, 0.2) is 0 Å². The van der Waals surface area contributed by atoms with Crippen LogP contribution in [0.2, 0.25) is 0 Å². The zero-order valence-electron chi connectivity index (χ0n) is 12.2. The molecule has 0 bridgehead atoms. The van der Waals surface area contributed by atoms with Gasteiger partial charge >= 0.3 is 0 Å². The predicted molar refractivity (Wildman–Crippen MR) is 86.0 cm³/mol. The fourth-order valence-corrected chi connectivity index (χ4v) is 2.52. The first-order valence-corrected chi connectivity index (χ1v) is 7.09. The summed E-state index contributed by atoms with van der Waals surface area (Å²) in [5, 5.41) is 4.41. The normalized spacial score (nSPS) is 24.2. The fourth-order valence-electron chi connectivity index (χ4n) is 2.52. The third-order valence-electron chi connectivity index (χ3n) is 3.92. The molecule has 0 amide bonds. The molecule has 0 radical (unpaired) electrons. The molecule has 0 heterocycles. The van der Waals surface area contributed by atoms with E-state index in [9.17, 15) is 4.79 Å². The van der Waals surface area contributed by atoms with Gasteiger partial charge in [-0.3, -0.25) is 4.79 Å². The summed E-state index contributed by atoms with van der Waals surface area (Å²) in [5.74, 6) is -0.0608. The van der Waals surface area contributed by atoms with E-state index in [-0.39, 0.29) is 17.2 Å². The van der Waals surface area contributed by atoms with Crippen molar-refractivity contribution in [3.63, 3.8) is 0 Å². The van der Waals surface area contributed by atoms with E-state index in [4.69, 9.17) is 0 Å². The second-order valence-electron chi connectivity index (χ2n) is 5.92. The minimum atomic E-state index is -0.0608. The molecule has 0 spiro atoms. The third-order valence-corrected chi connectivity index (χ3v) is 3.92. The van der Waals surface area contributed by atoms with Crippen molar-refractivity contribution < 1.29 is 4.79 Å². The smallest absolute Gasteiger partial charge is 0.206 e. The molecule has 2 aliphatic carbocycles. The van der Waals surface area contributed by atoms with E-state index in [0.29, 0.717) is 5.71 Å². The summed E-state index contributed by atoms with van der Waals surface area (Å²) in [7, 11) is 0. The Kier molecular flexibility index (Phi) is 3.34. The van der Waals surface area contributed by atoms with Crippen LogP contribution in [0.5, 0.6) is 0 Å². The van der Waals surface area contributed by atoms with Crippen LogP contribution >= 0.6 is 0 Å². The van der Waals surface area contributed by atoms with Crippen LogP contribution in [-0.4, -0.2) is 17.5 Å². The van der Waals surface area contributed by atoms with Gasteiger partial charge in [0.25, 0.3) is 0 Å². The van der Waals surface area contributed by atoms with Gasteiger partial charge in [-0.1, -0.05) is 68.5 Å². The van der Waals surface area contributed by atoms with E-state index in [1.165, 1.54) is 0 Å². The first-order chi connectivity index (χ1) is 10.1. The van der Waals surface area contributed by atoms with Crippen molar-refractivity contribution in [2.75, 3.05) is 0 Å². The average Bonchev–Trinajstić information content (AvgIpc) is 2.47. The highest BCUT2D eigenvalue weighted by atomic mass is 16.1. The Balaban J connectivity index is 1.90. The summed E-state index contributed by atoms with van der Waals surface area (Å²) < 4.78 is 0. The van der Waals surface area contributed by atoms with Crippen LogP contribution in [0, 0.1) is 5.41 Å². The Hall–Kier alpha value is -2.42. The highest BCUT2D eigenvalue weighted by Gasteiger charge is 2.27. The van der Waals surface area contributed by atoms with E-state index in [2.05, 4.69) is 36.5 Å². The highest BCUT2D eigenvalue weighted by Crippen LogP contribution is 2.26. The zero-order valence-corrected chi connectivity index (χ0v) is 12.2. The van der Waals surface area contributed by atoms with Crippen molar-refractivity contribution in [1.29, 1.82) is 0 Å². The first-order valence-electron chi connectivity index (χ1n) is 7.09. The summed E-state index contributed by atoms with van der Waals surface area (Å²) in [5.41, 5.74) is 5.50. The van der Waals surface area contributed by atoms with Crippen molar-refractivity contribution in [2.45, 2.75) is 19.9 Å². The van der Waals surface area contributed by atoms with Crippen LogP contribution in [0.15, 0.2) is 59.7 Å². The summed E-state index contributed by atoms with van der Waals surface area (Å²) >= 11 is 0. The van der Waals surface area contributed by atoms with Gasteiger partial charge < -0.3 is 5.43 Å². The van der Waals surface area contributed by atoms with E-state index < -0.39 is 0 Å². The number of nitrogens with one attached hydrogen (secondary N) is 1. The quantitative estimate of drug-likeness (QED) is 0.845. The van der Waals surface area contributed by atoms with Crippen LogP contribution in [0.1, 0.15) is 25.0 Å². The van der Waals surface area contributed by atoms with E-state index in [1.807, 2.05) is 42.5 Å². The van der Waals surface area contributed by atoms with Crippen molar-refractivity contribution >= 4 is 17.6 Å². The molecule has 1 unspecified atom stereocenters. The molecule has 0 saturated heterocycles. The molecular formula is C18H18N2O. The third kappa shape index (κ3) is 2.59. The molecule has 0 aliphatic heterocycles. The van der Waals surface area contributed by atoms with Crippen LogP contribution in [0.3, 0.4) is 0 Å². The number of hydrogen-bond acceptors (Lipinski definition) is 3. The molecule has 0 saturated carbocycles. The molecule has 3 rings (SSSR count). The Morgan fingerprint density at radius 3 is 2.76 bits per heavy atom. The summed E-state index contributed by atoms with van der Waals surface area (Å²) in [6, 6.07) is 7.87. The predicted octanol–water partition coefficient (Wildman–Crippen LogP) is 3.10. The number of carbonyl (C=O) groups is 1. The standard InChI is InChI=1S/C18H18N2O/c1-18(2)12-6-5-9-16(18)19-20-17-14-8-4-3-7-13(14)10-11-15(17)21/h3-12,16,19H,1-2H3. The SMILES string of the molecule is CC1(C)C=CC=CC1NN=C1C(=O)C=Cc2ccccc21. The second kappa shape index (κ2) is 5.17. The Bertz CT molecular complexity index is 693. The largest absolute Gasteiger partial charge is 0.302 e. The summed E-state index contributed by atoms with van der Waals surface area (Å²) in [6.45, 7) is 4.28. The lowest BCUT2D eigenvalue weighted by atomic mass is 9.82. The van der Waals surface area contributed by atoms with E-state index >= 15 is 0 Å². The van der Waals surface area contributed by atoms with Crippen molar-refractivity contribution in [2.24, 2.45) is 10.5 Å². The molecule has 1 N–H and O–H groups in total. The molecule has 1 aromatic rings. The Labute approximate surface area is 124 Å². The minimum Gasteiger partial charge on any atom is -0.302 e. The van der Waals surface area contributed by atoms with E-state index in [1.54, 1.807) is 6.08 Å². The number of ketones is 1. The topological polar surface area (TPSA) is 41.5 Å². The van der Waals surface area contributed by atoms with E-state index in [0.717, 1.165) is 11.1 Å². The molecule has 2 aliphatic rings. The van der Waals surface area contributed by atoms with Gasteiger partial charge in [-0.15, -0.1) is 0 Å². The lowest BCUT2D eigenvalue weighted by molar-refractivity contribution is -0.108. The van der Waals surface area contributed by atoms with Crippen LogP contribution in [0.4, 0.5) is 0 Å². The first kappa shape index (κ1) is 13.6. The van der Waals surface area contributed by atoms with Gasteiger partial charge in [-0.25, -0.2) is 0 Å². The van der Waals surface area contributed by atoms with Crippen LogP contribution in [0.25, 0.3) is 6.08 Å². The Morgan fingerprint density at radius 2 is 1.95 bits per heavy atom. The molecular weight excluding hydrogens is 260 g/mol. The van der Waals surface area contributed by atoms with Gasteiger partial charge in [-0.2, -0.15) is 5.10 Å². The van der Waals surface area contributed by atoms with Gasteiger partial charge in [0, 0.05) is 11.0 Å². The van der Waals surface area contributed by atoms with Crippen LogP contribution in [-0.2, 0) is 4.79 Å². The number of rotatable bonds is 2. The summed E-state index contributed by atoms with van der Waals surface area (Å²) in [6.07, 6.45) is 11.7. The molecule has 0 aromatic heterocycles. The molecule has 21 heavy (non-hydrogen) atoms. The highest BCUT2D eigenvalue weighted by molar-refractivity contribution is 6.52. The summed E-state index contributed by atoms with van der Waals surface area (Å²) in [4.78, 5) is 12.1. The average molecular weight is 278 g/mol. The maximum Gasteiger partial charge on any atom is 0.206 e. The number of carbonyl (C=O) groups excluding carboxylic acids is 1. The van der Waals surface area contributed by atoms with Gasteiger partial charge in [-0.05, 0) is 11.6 Å². The second-order valence-corrected chi connectivity index (χ2v) is 5.92. The maximum atomic E-state index is 12.1. The minimum absolute atomic E-state index is 0.0358. The van der Waals surface area contributed by atoms with Gasteiger partial charge in [0.2, 0.25) is 5.78 Å². The fraction of sp³-hybridized carbons (Fsp3) is 0.222. The van der Waals surface area contributed by atoms with Gasteiger partial charge in [0.05, 0.1) is 6.04 Å². The number of hydrazone groups is 1. The lowest BCUT2D eigenvalue weighted by Gasteiger charge is -2.31. The molecule has 3 nitrogen and oxygen atoms in total. The maximum absolute atomic E-state index is 12.1. The Morgan fingerprint density at radius 1 is 1.14 bits per heavy atom. The number of hydrogen-bond donors (Lipinski definition) is 1. The molecule has 1 atom stereocenters. The number of benzene rings is 1. The molecule has 106 valence electrons. The lowest BCUT2D eigenvalue weighted by Crippen LogP contribution is -2.38. The number of nitrogens with zero attached hydrogens (tertiary/aromatic N) is 1. The number of allylic oxidation sites excluding steroid dienone is 3. The van der Waals surface area contributed by atoms with Crippen molar-refractivity contribution in [3.8, 4) is 0 Å². The van der Waals surface area contributed by atoms with Crippen LogP contribution < -0.4 is 5.43 Å². The number of fused-ring (bicyclic) bond motifs is 1. The monoisotopic (exact) mass is 278 g/mol. The molecule has 1 aromatic carbocycles. The molecule has 0 fully saturated rings. The van der Waals surface area contributed by atoms with Crippen molar-refractivity contribution in [1.82, 2.24) is 5.43 Å². The molecule has 3 heteroatoms. The van der Waals surface area contributed by atoms with Crippen molar-refractivity contribution in [3.05, 3.63) is 65.8 Å².